The third-order valence-electron chi connectivity index (χ3n) is 4.69. The van der Waals surface area contributed by atoms with Crippen LogP contribution in [0.15, 0.2) is 0 Å². The smallest absolute Gasteiger partial charge is 0.234 e. The van der Waals surface area contributed by atoms with Crippen molar-refractivity contribution in [1.29, 1.82) is 0 Å². The van der Waals surface area contributed by atoms with Gasteiger partial charge in [0.05, 0.1) is 6.54 Å². The molecule has 0 aromatic heterocycles. The van der Waals surface area contributed by atoms with E-state index in [0.717, 1.165) is 45.7 Å². The van der Waals surface area contributed by atoms with Gasteiger partial charge in [0.15, 0.2) is 0 Å². The Hall–Kier alpha value is -0.650. The zero-order valence-corrected chi connectivity index (χ0v) is 13.2. The van der Waals surface area contributed by atoms with E-state index in [1.54, 1.807) is 0 Å². The largest absolute Gasteiger partial charge is 0.350 e. The van der Waals surface area contributed by atoms with Crippen molar-refractivity contribution in [3.05, 3.63) is 0 Å². The van der Waals surface area contributed by atoms with E-state index in [0.29, 0.717) is 12.6 Å². The van der Waals surface area contributed by atoms with E-state index in [1.807, 2.05) is 0 Å². The van der Waals surface area contributed by atoms with Gasteiger partial charge in [-0.2, -0.15) is 0 Å². The number of nitrogens with zero attached hydrogens (tertiary/aromatic N) is 2. The van der Waals surface area contributed by atoms with Crippen LogP contribution in [-0.2, 0) is 4.79 Å². The minimum atomic E-state index is -0.0889. The summed E-state index contributed by atoms with van der Waals surface area (Å²) in [6, 6.07) is 0.713. The minimum Gasteiger partial charge on any atom is -0.350 e. The Morgan fingerprint density at radius 1 is 1.30 bits per heavy atom. The molecule has 2 heterocycles. The van der Waals surface area contributed by atoms with E-state index in [2.05, 4.69) is 41.2 Å². The summed E-state index contributed by atoms with van der Waals surface area (Å²) in [5, 5.41) is 6.54. The Labute approximate surface area is 123 Å². The highest BCUT2D eigenvalue weighted by molar-refractivity contribution is 5.78. The Bertz CT molecular complexity index is 318. The van der Waals surface area contributed by atoms with E-state index < -0.39 is 0 Å². The maximum Gasteiger partial charge on any atom is 0.234 e. The van der Waals surface area contributed by atoms with Gasteiger partial charge < -0.3 is 10.6 Å². The van der Waals surface area contributed by atoms with Crippen molar-refractivity contribution in [3.8, 4) is 0 Å². The number of nitrogens with one attached hydrogen (secondary N) is 2. The molecule has 5 nitrogen and oxygen atoms in total. The van der Waals surface area contributed by atoms with Crippen molar-refractivity contribution in [2.24, 2.45) is 0 Å². The van der Waals surface area contributed by atoms with E-state index >= 15 is 0 Å². The predicted molar refractivity (Wildman–Crippen MR) is 81.8 cm³/mol. The van der Waals surface area contributed by atoms with Gasteiger partial charge in [0, 0.05) is 44.3 Å². The van der Waals surface area contributed by atoms with Crippen LogP contribution in [0, 0.1) is 0 Å². The molecular weight excluding hydrogens is 252 g/mol. The van der Waals surface area contributed by atoms with Crippen LogP contribution >= 0.6 is 0 Å². The Kier molecular flexibility index (Phi) is 5.41. The third-order valence-corrected chi connectivity index (χ3v) is 4.69. The van der Waals surface area contributed by atoms with Gasteiger partial charge in [0.1, 0.15) is 0 Å². The molecule has 0 aromatic carbocycles. The number of amides is 1. The van der Waals surface area contributed by atoms with Gasteiger partial charge in [-0.25, -0.2) is 0 Å². The second-order valence-electron chi connectivity index (χ2n) is 6.74. The third kappa shape index (κ3) is 4.43. The van der Waals surface area contributed by atoms with E-state index in [1.165, 1.54) is 6.42 Å². The first-order chi connectivity index (χ1) is 9.50. The van der Waals surface area contributed by atoms with E-state index in [-0.39, 0.29) is 11.4 Å². The second kappa shape index (κ2) is 6.87. The standard InChI is InChI=1S/C15H30N4O/c1-4-15(2,3)17-14(20)12-18-7-9-19(10-8-18)13-5-6-16-11-13/h13,16H,4-12H2,1-3H3,(H,17,20). The molecule has 2 aliphatic rings. The fraction of sp³-hybridized carbons (Fsp3) is 0.933. The lowest BCUT2D eigenvalue weighted by Gasteiger charge is -2.37. The van der Waals surface area contributed by atoms with Crippen molar-refractivity contribution in [2.45, 2.75) is 45.2 Å². The molecule has 0 radical (unpaired) electrons. The van der Waals surface area contributed by atoms with Crippen LogP contribution < -0.4 is 10.6 Å². The first-order valence-electron chi connectivity index (χ1n) is 7.98. The molecule has 2 saturated heterocycles. The molecular formula is C15H30N4O. The van der Waals surface area contributed by atoms with Crippen LogP contribution in [-0.4, -0.2) is 73.1 Å². The minimum absolute atomic E-state index is 0.0889. The van der Waals surface area contributed by atoms with Crippen molar-refractivity contribution in [3.63, 3.8) is 0 Å². The summed E-state index contributed by atoms with van der Waals surface area (Å²) in [4.78, 5) is 16.9. The molecule has 1 atom stereocenters. The molecule has 0 aromatic rings. The molecule has 0 bridgehead atoms. The molecule has 0 saturated carbocycles. The van der Waals surface area contributed by atoms with Gasteiger partial charge in [-0.3, -0.25) is 14.6 Å². The van der Waals surface area contributed by atoms with Gasteiger partial charge in [-0.15, -0.1) is 0 Å². The molecule has 1 unspecified atom stereocenters. The first-order valence-corrected chi connectivity index (χ1v) is 7.98. The monoisotopic (exact) mass is 282 g/mol. The molecule has 5 heteroatoms. The Morgan fingerprint density at radius 2 is 2.00 bits per heavy atom. The molecule has 2 fully saturated rings. The lowest BCUT2D eigenvalue weighted by molar-refractivity contribution is -0.124. The lowest BCUT2D eigenvalue weighted by atomic mass is 10.0. The summed E-state index contributed by atoms with van der Waals surface area (Å²) in [7, 11) is 0. The van der Waals surface area contributed by atoms with Gasteiger partial charge in [0.2, 0.25) is 5.91 Å². The molecule has 2 rings (SSSR count). The summed E-state index contributed by atoms with van der Waals surface area (Å²) < 4.78 is 0. The van der Waals surface area contributed by atoms with Crippen molar-refractivity contribution < 1.29 is 4.79 Å². The predicted octanol–water partition coefficient (Wildman–Crippen LogP) is 0.271. The van der Waals surface area contributed by atoms with Crippen molar-refractivity contribution in [1.82, 2.24) is 20.4 Å². The zero-order valence-electron chi connectivity index (χ0n) is 13.2. The molecule has 2 N–H and O–H groups in total. The van der Waals surface area contributed by atoms with Gasteiger partial charge in [-0.05, 0) is 33.2 Å². The molecule has 1 amide bonds. The first kappa shape index (κ1) is 15.7. The summed E-state index contributed by atoms with van der Waals surface area (Å²) >= 11 is 0. The SMILES string of the molecule is CCC(C)(C)NC(=O)CN1CCN(C2CCNC2)CC1. The molecule has 0 spiro atoms. The molecule has 116 valence electrons. The molecule has 2 aliphatic heterocycles. The number of carbonyl (C=O) groups excluding carboxylic acids is 1. The summed E-state index contributed by atoms with van der Waals surface area (Å²) in [5.74, 6) is 0.160. The molecule has 20 heavy (non-hydrogen) atoms. The fourth-order valence-corrected chi connectivity index (χ4v) is 2.95. The highest BCUT2D eigenvalue weighted by Crippen LogP contribution is 2.12. The summed E-state index contributed by atoms with van der Waals surface area (Å²) in [6.07, 6.45) is 2.23. The van der Waals surface area contributed by atoms with Gasteiger partial charge in [-0.1, -0.05) is 6.92 Å². The highest BCUT2D eigenvalue weighted by atomic mass is 16.2. The summed E-state index contributed by atoms with van der Waals surface area (Å²) in [5.41, 5.74) is -0.0889. The quantitative estimate of drug-likeness (QED) is 0.760. The summed E-state index contributed by atoms with van der Waals surface area (Å²) in [6.45, 7) is 13.3. The zero-order chi connectivity index (χ0) is 14.6. The van der Waals surface area contributed by atoms with Crippen LogP contribution in [0.1, 0.15) is 33.6 Å². The highest BCUT2D eigenvalue weighted by Gasteiger charge is 2.27. The maximum atomic E-state index is 12.0. The van der Waals surface area contributed by atoms with Crippen LogP contribution in [0.2, 0.25) is 0 Å². The normalized spacial score (nSPS) is 25.9. The number of hydrogen-bond donors (Lipinski definition) is 2. The van der Waals surface area contributed by atoms with E-state index in [4.69, 9.17) is 0 Å². The Balaban J connectivity index is 1.70. The number of hydrogen-bond acceptors (Lipinski definition) is 4. The maximum absolute atomic E-state index is 12.0. The number of piperazine rings is 1. The van der Waals surface area contributed by atoms with Crippen LogP contribution in [0.4, 0.5) is 0 Å². The van der Waals surface area contributed by atoms with Gasteiger partial charge in [0.25, 0.3) is 0 Å². The second-order valence-corrected chi connectivity index (χ2v) is 6.74. The fourth-order valence-electron chi connectivity index (χ4n) is 2.95. The van der Waals surface area contributed by atoms with Crippen molar-refractivity contribution >= 4 is 5.91 Å². The number of rotatable bonds is 5. The van der Waals surface area contributed by atoms with Crippen LogP contribution in [0.3, 0.4) is 0 Å². The van der Waals surface area contributed by atoms with Crippen LogP contribution in [0.25, 0.3) is 0 Å². The number of carbonyl (C=O) groups is 1. The molecule has 0 aliphatic carbocycles. The van der Waals surface area contributed by atoms with Crippen LogP contribution in [0.5, 0.6) is 0 Å². The van der Waals surface area contributed by atoms with Gasteiger partial charge >= 0.3 is 0 Å². The average Bonchev–Trinajstić information content (AvgIpc) is 2.93. The lowest BCUT2D eigenvalue weighted by Crippen LogP contribution is -2.54. The Morgan fingerprint density at radius 3 is 2.55 bits per heavy atom. The topological polar surface area (TPSA) is 47.6 Å². The van der Waals surface area contributed by atoms with Crippen molar-refractivity contribution in [2.75, 3.05) is 45.8 Å². The average molecular weight is 282 g/mol. The van der Waals surface area contributed by atoms with E-state index in [9.17, 15) is 4.79 Å².